The summed E-state index contributed by atoms with van der Waals surface area (Å²) in [5, 5.41) is 7.00. The first kappa shape index (κ1) is 14.0. The summed E-state index contributed by atoms with van der Waals surface area (Å²) in [5.41, 5.74) is 2.10. The Labute approximate surface area is 126 Å². The maximum Gasteiger partial charge on any atom is 0.171 e. The van der Waals surface area contributed by atoms with Crippen molar-refractivity contribution < 1.29 is 0 Å². The van der Waals surface area contributed by atoms with Gasteiger partial charge in [0.25, 0.3) is 0 Å². The van der Waals surface area contributed by atoms with Gasteiger partial charge in [0.15, 0.2) is 5.11 Å². The molecule has 0 amide bonds. The highest BCUT2D eigenvalue weighted by atomic mass is 79.9. The van der Waals surface area contributed by atoms with Gasteiger partial charge in [-0.15, -0.1) is 0 Å². The summed E-state index contributed by atoms with van der Waals surface area (Å²) in [4.78, 5) is 4.00. The maximum absolute atomic E-state index is 5.30. The summed E-state index contributed by atoms with van der Waals surface area (Å²) >= 11 is 8.73. The van der Waals surface area contributed by atoms with E-state index in [1.165, 1.54) is 0 Å². The normalized spacial score (nSPS) is 11.7. The van der Waals surface area contributed by atoms with Crippen LogP contribution in [0.3, 0.4) is 0 Å². The third-order valence-corrected chi connectivity index (χ3v) is 3.35. The van der Waals surface area contributed by atoms with Crippen molar-refractivity contribution in [2.75, 3.05) is 5.32 Å². The fourth-order valence-corrected chi connectivity index (χ4v) is 2.36. The van der Waals surface area contributed by atoms with Crippen LogP contribution in [0, 0.1) is 0 Å². The zero-order valence-corrected chi connectivity index (χ0v) is 12.8. The predicted octanol–water partition coefficient (Wildman–Crippen LogP) is 3.89. The number of nitrogens with zero attached hydrogens (tertiary/aromatic N) is 1. The number of pyridine rings is 1. The van der Waals surface area contributed by atoms with E-state index in [4.69, 9.17) is 12.2 Å². The summed E-state index contributed by atoms with van der Waals surface area (Å²) in [5.74, 6) is 0. The number of benzene rings is 1. The average molecular weight is 336 g/mol. The molecule has 0 saturated heterocycles. The van der Waals surface area contributed by atoms with Crippen LogP contribution in [0.4, 0.5) is 5.69 Å². The molecule has 5 heteroatoms. The van der Waals surface area contributed by atoms with Gasteiger partial charge < -0.3 is 10.6 Å². The summed E-state index contributed by atoms with van der Waals surface area (Å²) < 4.78 is 1.02. The molecule has 2 aromatic rings. The van der Waals surface area contributed by atoms with Gasteiger partial charge in [-0.3, -0.25) is 4.98 Å². The Hall–Kier alpha value is -1.46. The van der Waals surface area contributed by atoms with E-state index in [0.717, 1.165) is 15.7 Å². The monoisotopic (exact) mass is 335 g/mol. The molecular weight excluding hydrogens is 322 g/mol. The number of anilines is 1. The highest BCUT2D eigenvalue weighted by Gasteiger charge is 2.06. The Balaban J connectivity index is 1.95. The first-order valence-electron chi connectivity index (χ1n) is 5.88. The number of thiocarbonyl (C=S) groups is 1. The predicted molar refractivity (Wildman–Crippen MR) is 86.2 cm³/mol. The molecule has 1 heterocycles. The summed E-state index contributed by atoms with van der Waals surface area (Å²) in [6.07, 6.45) is 3.55. The standard InChI is InChI=1S/C14H14BrN3S/c1-10(11-5-7-16-8-6-11)17-14(19)18-13-4-2-3-12(15)9-13/h2-10H,1H3,(H2,17,18,19)/t10-/m0/s1. The summed E-state index contributed by atoms with van der Waals surface area (Å²) in [7, 11) is 0. The van der Waals surface area contributed by atoms with Crippen molar-refractivity contribution in [3.8, 4) is 0 Å². The first-order chi connectivity index (χ1) is 9.15. The smallest absolute Gasteiger partial charge is 0.171 e. The van der Waals surface area contributed by atoms with Crippen molar-refractivity contribution in [1.82, 2.24) is 10.3 Å². The number of hydrogen-bond acceptors (Lipinski definition) is 2. The second-order valence-corrected chi connectivity index (χ2v) is 5.43. The van der Waals surface area contributed by atoms with Gasteiger partial charge in [0.1, 0.15) is 0 Å². The first-order valence-corrected chi connectivity index (χ1v) is 7.08. The lowest BCUT2D eigenvalue weighted by molar-refractivity contribution is 0.721. The molecule has 0 aliphatic rings. The second-order valence-electron chi connectivity index (χ2n) is 4.11. The molecule has 0 spiro atoms. The molecule has 0 bridgehead atoms. The van der Waals surface area contributed by atoms with Crippen LogP contribution >= 0.6 is 28.1 Å². The molecule has 0 saturated carbocycles. The van der Waals surface area contributed by atoms with E-state index >= 15 is 0 Å². The van der Waals surface area contributed by atoms with Crippen molar-refractivity contribution >= 4 is 38.9 Å². The van der Waals surface area contributed by atoms with Crippen molar-refractivity contribution in [2.24, 2.45) is 0 Å². The molecule has 19 heavy (non-hydrogen) atoms. The van der Waals surface area contributed by atoms with Crippen molar-refractivity contribution in [3.63, 3.8) is 0 Å². The van der Waals surface area contributed by atoms with Crippen molar-refractivity contribution in [3.05, 3.63) is 58.8 Å². The maximum atomic E-state index is 5.30. The van der Waals surface area contributed by atoms with Crippen LogP contribution in [0.25, 0.3) is 0 Å². The van der Waals surface area contributed by atoms with Gasteiger partial charge in [-0.2, -0.15) is 0 Å². The van der Waals surface area contributed by atoms with Gasteiger partial charge in [-0.1, -0.05) is 22.0 Å². The summed E-state index contributed by atoms with van der Waals surface area (Å²) in [6.45, 7) is 2.06. The Bertz CT molecular complexity index is 560. The minimum Gasteiger partial charge on any atom is -0.356 e. The third kappa shape index (κ3) is 4.29. The fraction of sp³-hybridized carbons (Fsp3) is 0.143. The van der Waals surface area contributed by atoms with Crippen molar-refractivity contribution in [2.45, 2.75) is 13.0 Å². The van der Waals surface area contributed by atoms with Crippen LogP contribution in [0.2, 0.25) is 0 Å². The molecule has 0 aliphatic heterocycles. The highest BCUT2D eigenvalue weighted by Crippen LogP contribution is 2.16. The van der Waals surface area contributed by atoms with Crippen LogP contribution in [-0.4, -0.2) is 10.1 Å². The van der Waals surface area contributed by atoms with E-state index in [-0.39, 0.29) is 6.04 Å². The molecule has 2 N–H and O–H groups in total. The SMILES string of the molecule is C[C@H](NC(=S)Nc1cccc(Br)c1)c1ccncc1. The molecule has 98 valence electrons. The summed E-state index contributed by atoms with van der Waals surface area (Å²) in [6, 6.07) is 12.0. The van der Waals surface area contributed by atoms with Gasteiger partial charge >= 0.3 is 0 Å². The molecule has 1 atom stereocenters. The van der Waals surface area contributed by atoms with Crippen LogP contribution in [0.5, 0.6) is 0 Å². The number of aromatic nitrogens is 1. The zero-order chi connectivity index (χ0) is 13.7. The topological polar surface area (TPSA) is 37.0 Å². The van der Waals surface area contributed by atoms with E-state index in [9.17, 15) is 0 Å². The highest BCUT2D eigenvalue weighted by molar-refractivity contribution is 9.10. The number of hydrogen-bond donors (Lipinski definition) is 2. The van der Waals surface area contributed by atoms with Gasteiger partial charge in [-0.05, 0) is 55.0 Å². The molecule has 0 unspecified atom stereocenters. The molecule has 2 rings (SSSR count). The minimum absolute atomic E-state index is 0.134. The van der Waals surface area contributed by atoms with Gasteiger partial charge in [0.05, 0.1) is 6.04 Å². The van der Waals surface area contributed by atoms with E-state index in [0.29, 0.717) is 5.11 Å². The van der Waals surface area contributed by atoms with E-state index in [1.807, 2.05) is 36.4 Å². The van der Waals surface area contributed by atoms with Crippen LogP contribution < -0.4 is 10.6 Å². The molecule has 3 nitrogen and oxygen atoms in total. The zero-order valence-electron chi connectivity index (χ0n) is 10.4. The third-order valence-electron chi connectivity index (χ3n) is 2.64. The molecule has 1 aromatic heterocycles. The van der Waals surface area contributed by atoms with Crippen LogP contribution in [0.15, 0.2) is 53.3 Å². The lowest BCUT2D eigenvalue weighted by atomic mass is 10.1. The minimum atomic E-state index is 0.134. The van der Waals surface area contributed by atoms with Crippen molar-refractivity contribution in [1.29, 1.82) is 0 Å². The van der Waals surface area contributed by atoms with Crippen LogP contribution in [0.1, 0.15) is 18.5 Å². The molecular formula is C14H14BrN3S. The Morgan fingerprint density at radius 2 is 2.00 bits per heavy atom. The Kier molecular flexibility index (Phi) is 4.87. The van der Waals surface area contributed by atoms with E-state index in [1.54, 1.807) is 12.4 Å². The lowest BCUT2D eigenvalue weighted by Crippen LogP contribution is -2.30. The molecule has 1 aromatic carbocycles. The molecule has 0 aliphatic carbocycles. The quantitative estimate of drug-likeness (QED) is 0.834. The average Bonchev–Trinajstić information content (AvgIpc) is 2.39. The van der Waals surface area contributed by atoms with E-state index in [2.05, 4.69) is 38.5 Å². The largest absolute Gasteiger partial charge is 0.356 e. The van der Waals surface area contributed by atoms with Gasteiger partial charge in [0.2, 0.25) is 0 Å². The Morgan fingerprint density at radius 3 is 2.68 bits per heavy atom. The van der Waals surface area contributed by atoms with Gasteiger partial charge in [0, 0.05) is 22.6 Å². The Morgan fingerprint density at radius 1 is 1.26 bits per heavy atom. The number of halogens is 1. The second kappa shape index (κ2) is 6.63. The fourth-order valence-electron chi connectivity index (χ4n) is 1.67. The number of rotatable bonds is 3. The van der Waals surface area contributed by atoms with Crippen LogP contribution in [-0.2, 0) is 0 Å². The molecule has 0 fully saturated rings. The lowest BCUT2D eigenvalue weighted by Gasteiger charge is -2.17. The number of nitrogens with one attached hydrogen (secondary N) is 2. The molecule has 0 radical (unpaired) electrons. The van der Waals surface area contributed by atoms with Gasteiger partial charge in [-0.25, -0.2) is 0 Å². The van der Waals surface area contributed by atoms with E-state index < -0.39 is 0 Å².